The second kappa shape index (κ2) is 4.45. The molecule has 18 heavy (non-hydrogen) atoms. The molecule has 92 valence electrons. The van der Waals surface area contributed by atoms with Gasteiger partial charge in [-0.2, -0.15) is 0 Å². The summed E-state index contributed by atoms with van der Waals surface area (Å²) in [7, 11) is 0. The van der Waals surface area contributed by atoms with Gasteiger partial charge in [0.15, 0.2) is 6.30 Å². The van der Waals surface area contributed by atoms with Crippen LogP contribution in [0.1, 0.15) is 11.6 Å². The molecule has 1 heterocycles. The van der Waals surface area contributed by atoms with Crippen molar-refractivity contribution in [3.63, 3.8) is 0 Å². The van der Waals surface area contributed by atoms with E-state index in [1.165, 1.54) is 0 Å². The Morgan fingerprint density at radius 1 is 0.833 bits per heavy atom. The number of alkyl halides is 1. The highest BCUT2D eigenvalue weighted by Gasteiger charge is 2.49. The first-order valence-electron chi connectivity index (χ1n) is 5.60. The Bertz CT molecular complexity index is 502. The van der Waals surface area contributed by atoms with Crippen molar-refractivity contribution in [2.45, 2.75) is 12.3 Å². The molecule has 4 heteroatoms. The largest absolute Gasteiger partial charge is 0.328 e. The maximum Gasteiger partial charge on any atom is 0.198 e. The first-order chi connectivity index (χ1) is 8.66. The van der Waals surface area contributed by atoms with Crippen molar-refractivity contribution < 1.29 is 4.39 Å². The van der Waals surface area contributed by atoms with Crippen LogP contribution in [0, 0.1) is 0 Å². The summed E-state index contributed by atoms with van der Waals surface area (Å²) in [4.78, 5) is 1.71. The van der Waals surface area contributed by atoms with Gasteiger partial charge in [-0.1, -0.05) is 35.3 Å². The zero-order chi connectivity index (χ0) is 12.7. The summed E-state index contributed by atoms with van der Waals surface area (Å²) in [6, 6.07) is 14.2. The molecule has 0 radical (unpaired) electrons. The molecule has 0 aliphatic carbocycles. The van der Waals surface area contributed by atoms with Crippen LogP contribution in [0.2, 0.25) is 10.0 Å². The Labute approximate surface area is 115 Å². The Hall–Kier alpha value is -1.25. The maximum absolute atomic E-state index is 13.9. The molecule has 1 aliphatic rings. The number of nitrogens with zero attached hydrogens (tertiary/aromatic N) is 1. The van der Waals surface area contributed by atoms with Gasteiger partial charge in [-0.05, 0) is 42.0 Å². The molecular formula is C14H10Cl2FN. The first-order valence-corrected chi connectivity index (χ1v) is 6.36. The number of rotatable bonds is 2. The second-order valence-corrected chi connectivity index (χ2v) is 5.13. The minimum absolute atomic E-state index is 0.219. The van der Waals surface area contributed by atoms with Gasteiger partial charge < -0.3 is 4.90 Å². The molecule has 0 unspecified atom stereocenters. The molecule has 1 saturated heterocycles. The Morgan fingerprint density at radius 2 is 1.33 bits per heavy atom. The SMILES string of the molecule is F[C@H]1[C@H](c2ccc(Cl)cc2)N1c1ccc(Cl)cc1. The van der Waals surface area contributed by atoms with Gasteiger partial charge >= 0.3 is 0 Å². The molecule has 0 amide bonds. The number of hydrogen-bond donors (Lipinski definition) is 0. The van der Waals surface area contributed by atoms with E-state index in [0.29, 0.717) is 10.0 Å². The Kier molecular flexibility index (Phi) is 2.92. The van der Waals surface area contributed by atoms with Crippen LogP contribution in [0.5, 0.6) is 0 Å². The van der Waals surface area contributed by atoms with Crippen molar-refractivity contribution >= 4 is 28.9 Å². The fourth-order valence-electron chi connectivity index (χ4n) is 2.10. The van der Waals surface area contributed by atoms with Crippen LogP contribution < -0.4 is 4.90 Å². The minimum atomic E-state index is -0.979. The normalized spacial score (nSPS) is 22.1. The molecule has 0 aromatic heterocycles. The molecule has 2 aromatic carbocycles. The highest BCUT2D eigenvalue weighted by molar-refractivity contribution is 6.30. The van der Waals surface area contributed by atoms with Crippen LogP contribution >= 0.6 is 23.2 Å². The highest BCUT2D eigenvalue weighted by atomic mass is 35.5. The van der Waals surface area contributed by atoms with E-state index in [0.717, 1.165) is 11.3 Å². The first kappa shape index (κ1) is 11.8. The van der Waals surface area contributed by atoms with Crippen molar-refractivity contribution in [2.24, 2.45) is 0 Å². The number of halogens is 3. The van der Waals surface area contributed by atoms with E-state index in [-0.39, 0.29) is 6.04 Å². The molecule has 2 aromatic rings. The van der Waals surface area contributed by atoms with E-state index in [9.17, 15) is 4.39 Å². The molecule has 3 rings (SSSR count). The molecule has 0 bridgehead atoms. The predicted molar refractivity (Wildman–Crippen MR) is 73.0 cm³/mol. The summed E-state index contributed by atoms with van der Waals surface area (Å²) >= 11 is 11.6. The highest BCUT2D eigenvalue weighted by Crippen LogP contribution is 2.47. The molecule has 2 atom stereocenters. The van der Waals surface area contributed by atoms with Crippen molar-refractivity contribution in [2.75, 3.05) is 4.90 Å². The lowest BCUT2D eigenvalue weighted by Gasteiger charge is -2.04. The van der Waals surface area contributed by atoms with Gasteiger partial charge in [0, 0.05) is 15.7 Å². The van der Waals surface area contributed by atoms with E-state index in [2.05, 4.69) is 0 Å². The average Bonchev–Trinajstić information content (AvgIpc) is 3.03. The maximum atomic E-state index is 13.9. The zero-order valence-corrected chi connectivity index (χ0v) is 10.9. The van der Waals surface area contributed by atoms with Crippen LogP contribution in [0.25, 0.3) is 0 Å². The predicted octanol–water partition coefficient (Wildman–Crippen LogP) is 4.85. The van der Waals surface area contributed by atoms with Crippen LogP contribution in [-0.2, 0) is 0 Å². The van der Waals surface area contributed by atoms with Gasteiger partial charge in [0.2, 0.25) is 0 Å². The van der Waals surface area contributed by atoms with Crippen LogP contribution in [0.15, 0.2) is 48.5 Å². The summed E-state index contributed by atoms with van der Waals surface area (Å²) in [5, 5.41) is 1.31. The fourth-order valence-corrected chi connectivity index (χ4v) is 2.35. The van der Waals surface area contributed by atoms with E-state index >= 15 is 0 Å². The summed E-state index contributed by atoms with van der Waals surface area (Å²) in [5.41, 5.74) is 1.77. The van der Waals surface area contributed by atoms with Crippen LogP contribution in [0.4, 0.5) is 10.1 Å². The third-order valence-corrected chi connectivity index (χ3v) is 3.58. The Balaban J connectivity index is 1.84. The monoisotopic (exact) mass is 281 g/mol. The lowest BCUT2D eigenvalue weighted by molar-refractivity contribution is 0.468. The van der Waals surface area contributed by atoms with E-state index < -0.39 is 6.30 Å². The topological polar surface area (TPSA) is 3.01 Å². The lowest BCUT2D eigenvalue weighted by atomic mass is 10.1. The van der Waals surface area contributed by atoms with Crippen molar-refractivity contribution in [3.05, 3.63) is 64.1 Å². The van der Waals surface area contributed by atoms with Crippen LogP contribution in [0.3, 0.4) is 0 Å². The molecule has 0 N–H and O–H groups in total. The van der Waals surface area contributed by atoms with Gasteiger partial charge in [0.1, 0.15) is 6.04 Å². The number of benzene rings is 2. The number of anilines is 1. The van der Waals surface area contributed by atoms with E-state index in [4.69, 9.17) is 23.2 Å². The molecule has 0 saturated carbocycles. The average molecular weight is 282 g/mol. The fraction of sp³-hybridized carbons (Fsp3) is 0.143. The summed E-state index contributed by atoms with van der Waals surface area (Å²) < 4.78 is 13.9. The van der Waals surface area contributed by atoms with E-state index in [1.807, 2.05) is 24.3 Å². The smallest absolute Gasteiger partial charge is 0.198 e. The minimum Gasteiger partial charge on any atom is -0.328 e. The third kappa shape index (κ3) is 2.06. The molecular weight excluding hydrogens is 272 g/mol. The van der Waals surface area contributed by atoms with Crippen molar-refractivity contribution in [3.8, 4) is 0 Å². The molecule has 0 spiro atoms. The van der Waals surface area contributed by atoms with Crippen molar-refractivity contribution in [1.29, 1.82) is 0 Å². The van der Waals surface area contributed by atoms with Gasteiger partial charge in [-0.3, -0.25) is 0 Å². The van der Waals surface area contributed by atoms with Crippen molar-refractivity contribution in [1.82, 2.24) is 0 Å². The van der Waals surface area contributed by atoms with Gasteiger partial charge in [0.05, 0.1) is 0 Å². The summed E-state index contributed by atoms with van der Waals surface area (Å²) in [6.45, 7) is 0. The van der Waals surface area contributed by atoms with Gasteiger partial charge in [-0.15, -0.1) is 0 Å². The zero-order valence-electron chi connectivity index (χ0n) is 9.35. The summed E-state index contributed by atoms with van der Waals surface area (Å²) in [6.07, 6.45) is -0.979. The second-order valence-electron chi connectivity index (χ2n) is 4.25. The van der Waals surface area contributed by atoms with Gasteiger partial charge in [-0.25, -0.2) is 4.39 Å². The quantitative estimate of drug-likeness (QED) is 0.562. The summed E-state index contributed by atoms with van der Waals surface area (Å²) in [5.74, 6) is 0. The van der Waals surface area contributed by atoms with E-state index in [1.54, 1.807) is 29.2 Å². The lowest BCUT2D eigenvalue weighted by Crippen LogP contribution is -1.95. The third-order valence-electron chi connectivity index (χ3n) is 3.07. The Morgan fingerprint density at radius 3 is 1.89 bits per heavy atom. The molecule has 1 nitrogen and oxygen atoms in total. The molecule has 1 aliphatic heterocycles. The molecule has 1 fully saturated rings. The van der Waals surface area contributed by atoms with Crippen LogP contribution in [-0.4, -0.2) is 6.30 Å². The standard InChI is InChI=1S/C14H10Cl2FN/c15-10-3-1-9(2-4-10)13-14(17)18(13)12-7-5-11(16)6-8-12/h1-8,13-14H/t13-,14+,18?/m0/s1. The van der Waals surface area contributed by atoms with Gasteiger partial charge in [0.25, 0.3) is 0 Å². The number of hydrogen-bond acceptors (Lipinski definition) is 1.